The molecule has 31 heavy (non-hydrogen) atoms. The Labute approximate surface area is 182 Å². The standard InChI is InChI=1S/C23H20ClFN4O2/c1-12-4-5-16(10-13(12)2)21-27-23(31)19-11-18(20(24)29(19)28-21)22(30)26-14(3)15-6-8-17(25)9-7-15/h4-11,14H,1-3H3,(H,26,30)(H,27,28,31). The van der Waals surface area contributed by atoms with Crippen molar-refractivity contribution in [2.24, 2.45) is 0 Å². The van der Waals surface area contributed by atoms with Crippen LogP contribution in [-0.4, -0.2) is 20.5 Å². The Morgan fingerprint density at radius 3 is 2.52 bits per heavy atom. The van der Waals surface area contributed by atoms with E-state index < -0.39 is 11.5 Å². The lowest BCUT2D eigenvalue weighted by Crippen LogP contribution is -2.26. The molecule has 0 aliphatic carbocycles. The highest BCUT2D eigenvalue weighted by Gasteiger charge is 2.21. The first kappa shape index (κ1) is 20.8. The zero-order valence-corrected chi connectivity index (χ0v) is 17.9. The second-order valence-corrected chi connectivity index (χ2v) is 7.85. The number of amides is 1. The molecule has 0 saturated carbocycles. The first-order chi connectivity index (χ1) is 14.7. The molecule has 0 aliphatic rings. The predicted octanol–water partition coefficient (Wildman–Crippen LogP) is 4.59. The number of H-pyrrole nitrogens is 1. The van der Waals surface area contributed by atoms with Gasteiger partial charge in [0.2, 0.25) is 0 Å². The predicted molar refractivity (Wildman–Crippen MR) is 118 cm³/mol. The average Bonchev–Trinajstić information content (AvgIpc) is 3.08. The summed E-state index contributed by atoms with van der Waals surface area (Å²) in [4.78, 5) is 28.2. The van der Waals surface area contributed by atoms with E-state index in [1.807, 2.05) is 32.0 Å². The van der Waals surface area contributed by atoms with Crippen molar-refractivity contribution in [3.63, 3.8) is 0 Å². The fourth-order valence-corrected chi connectivity index (χ4v) is 3.59. The van der Waals surface area contributed by atoms with Crippen molar-refractivity contribution in [2.75, 3.05) is 0 Å². The Hall–Kier alpha value is -3.45. The summed E-state index contributed by atoms with van der Waals surface area (Å²) < 4.78 is 14.4. The van der Waals surface area contributed by atoms with Crippen LogP contribution >= 0.6 is 11.6 Å². The van der Waals surface area contributed by atoms with E-state index in [0.29, 0.717) is 5.82 Å². The molecule has 2 heterocycles. The number of nitrogens with zero attached hydrogens (tertiary/aromatic N) is 2. The van der Waals surface area contributed by atoms with Crippen molar-refractivity contribution in [1.29, 1.82) is 0 Å². The minimum absolute atomic E-state index is 0.0370. The maximum Gasteiger partial charge on any atom is 0.275 e. The van der Waals surface area contributed by atoms with Crippen LogP contribution in [0.2, 0.25) is 5.15 Å². The van der Waals surface area contributed by atoms with Crippen LogP contribution in [-0.2, 0) is 0 Å². The number of carbonyl (C=O) groups excluding carboxylic acids is 1. The fraction of sp³-hybridized carbons (Fsp3) is 0.174. The summed E-state index contributed by atoms with van der Waals surface area (Å²) in [6.45, 7) is 5.75. The van der Waals surface area contributed by atoms with E-state index in [4.69, 9.17) is 11.6 Å². The molecule has 1 unspecified atom stereocenters. The lowest BCUT2D eigenvalue weighted by atomic mass is 10.1. The molecule has 8 heteroatoms. The highest BCUT2D eigenvalue weighted by atomic mass is 35.5. The monoisotopic (exact) mass is 438 g/mol. The molecule has 2 aromatic carbocycles. The van der Waals surface area contributed by atoms with Crippen LogP contribution in [0.4, 0.5) is 4.39 Å². The van der Waals surface area contributed by atoms with Crippen molar-refractivity contribution in [1.82, 2.24) is 19.9 Å². The van der Waals surface area contributed by atoms with Gasteiger partial charge in [-0.2, -0.15) is 0 Å². The molecular formula is C23H20ClFN4O2. The van der Waals surface area contributed by atoms with Gasteiger partial charge in [0.15, 0.2) is 5.82 Å². The van der Waals surface area contributed by atoms with Gasteiger partial charge in [0.1, 0.15) is 16.5 Å². The average molecular weight is 439 g/mol. The van der Waals surface area contributed by atoms with Gasteiger partial charge in [-0.25, -0.2) is 8.91 Å². The molecule has 0 spiro atoms. The van der Waals surface area contributed by atoms with Gasteiger partial charge < -0.3 is 10.3 Å². The van der Waals surface area contributed by atoms with Crippen LogP contribution in [0.15, 0.2) is 53.3 Å². The summed E-state index contributed by atoms with van der Waals surface area (Å²) in [7, 11) is 0. The van der Waals surface area contributed by atoms with Gasteiger partial charge in [0, 0.05) is 5.56 Å². The summed E-state index contributed by atoms with van der Waals surface area (Å²) in [5, 5.41) is 7.29. The normalized spacial score (nSPS) is 12.2. The molecule has 2 aromatic heterocycles. The topological polar surface area (TPSA) is 79.3 Å². The molecule has 0 saturated heterocycles. The van der Waals surface area contributed by atoms with Crippen LogP contribution in [0, 0.1) is 19.7 Å². The number of halogens is 2. The number of fused-ring (bicyclic) bond motifs is 1. The number of nitrogens with one attached hydrogen (secondary N) is 2. The Morgan fingerprint density at radius 1 is 1.13 bits per heavy atom. The van der Waals surface area contributed by atoms with Crippen LogP contribution < -0.4 is 10.9 Å². The summed E-state index contributed by atoms with van der Waals surface area (Å²) in [6, 6.07) is 12.6. The van der Waals surface area contributed by atoms with Crippen LogP contribution in [0.1, 0.15) is 40.0 Å². The number of aromatic amines is 1. The minimum Gasteiger partial charge on any atom is -0.345 e. The van der Waals surface area contributed by atoms with Crippen LogP contribution in [0.3, 0.4) is 0 Å². The van der Waals surface area contributed by atoms with E-state index in [1.165, 1.54) is 22.7 Å². The highest BCUT2D eigenvalue weighted by Crippen LogP contribution is 2.23. The summed E-state index contributed by atoms with van der Waals surface area (Å²) in [5.74, 6) is -0.460. The largest absolute Gasteiger partial charge is 0.345 e. The fourth-order valence-electron chi connectivity index (χ4n) is 3.32. The molecular weight excluding hydrogens is 419 g/mol. The Morgan fingerprint density at radius 2 is 1.84 bits per heavy atom. The highest BCUT2D eigenvalue weighted by molar-refractivity contribution is 6.33. The zero-order valence-electron chi connectivity index (χ0n) is 17.2. The van der Waals surface area contributed by atoms with E-state index in [1.54, 1.807) is 19.1 Å². The number of aryl methyl sites for hydroxylation is 2. The number of carbonyl (C=O) groups is 1. The minimum atomic E-state index is -0.459. The SMILES string of the molecule is Cc1ccc(-c2nn3c(Cl)c(C(=O)NC(C)c4ccc(F)cc4)cc3c(=O)[nH]2)cc1C. The number of hydrogen-bond acceptors (Lipinski definition) is 3. The molecule has 4 rings (SSSR count). The summed E-state index contributed by atoms with van der Waals surface area (Å²) in [6.07, 6.45) is 0. The third kappa shape index (κ3) is 3.96. The van der Waals surface area contributed by atoms with Gasteiger partial charge in [-0.15, -0.1) is 5.10 Å². The van der Waals surface area contributed by atoms with Crippen molar-refractivity contribution in [3.8, 4) is 11.4 Å². The zero-order chi connectivity index (χ0) is 22.3. The molecule has 1 amide bonds. The third-order valence-electron chi connectivity index (χ3n) is 5.32. The molecule has 2 N–H and O–H groups in total. The Balaban J connectivity index is 1.69. The maximum atomic E-state index is 13.1. The third-order valence-corrected chi connectivity index (χ3v) is 5.69. The number of benzene rings is 2. The van der Waals surface area contributed by atoms with Gasteiger partial charge in [-0.05, 0) is 61.7 Å². The molecule has 6 nitrogen and oxygen atoms in total. The van der Waals surface area contributed by atoms with E-state index >= 15 is 0 Å². The second kappa shape index (κ2) is 8.00. The molecule has 0 bridgehead atoms. The molecule has 1 atom stereocenters. The number of hydrogen-bond donors (Lipinski definition) is 2. The van der Waals surface area contributed by atoms with Crippen molar-refractivity contribution in [3.05, 3.63) is 92.1 Å². The lowest BCUT2D eigenvalue weighted by Gasteiger charge is -2.14. The van der Waals surface area contributed by atoms with Crippen molar-refractivity contribution >= 4 is 23.0 Å². The Kier molecular flexibility index (Phi) is 5.37. The van der Waals surface area contributed by atoms with Crippen LogP contribution in [0.25, 0.3) is 16.9 Å². The Bertz CT molecular complexity index is 1360. The van der Waals surface area contributed by atoms with Gasteiger partial charge in [-0.3, -0.25) is 9.59 Å². The van der Waals surface area contributed by atoms with Gasteiger partial charge in [0.05, 0.1) is 11.6 Å². The smallest absolute Gasteiger partial charge is 0.275 e. The van der Waals surface area contributed by atoms with Crippen molar-refractivity contribution < 1.29 is 9.18 Å². The van der Waals surface area contributed by atoms with Gasteiger partial charge in [0.25, 0.3) is 11.5 Å². The quantitative estimate of drug-likeness (QED) is 0.489. The summed E-state index contributed by atoms with van der Waals surface area (Å²) in [5.41, 5.74) is 3.55. The first-order valence-electron chi connectivity index (χ1n) is 9.70. The molecule has 158 valence electrons. The van der Waals surface area contributed by atoms with Crippen LogP contribution in [0.5, 0.6) is 0 Å². The van der Waals surface area contributed by atoms with Gasteiger partial charge >= 0.3 is 0 Å². The summed E-state index contributed by atoms with van der Waals surface area (Å²) >= 11 is 6.43. The number of aromatic nitrogens is 3. The molecule has 0 fully saturated rings. The lowest BCUT2D eigenvalue weighted by molar-refractivity contribution is 0.0940. The van der Waals surface area contributed by atoms with Crippen molar-refractivity contribution in [2.45, 2.75) is 26.8 Å². The second-order valence-electron chi connectivity index (χ2n) is 7.49. The molecule has 0 aliphatic heterocycles. The van der Waals surface area contributed by atoms with Gasteiger partial charge in [-0.1, -0.05) is 35.9 Å². The maximum absolute atomic E-state index is 13.1. The van der Waals surface area contributed by atoms with E-state index in [2.05, 4.69) is 15.4 Å². The van der Waals surface area contributed by atoms with E-state index in [0.717, 1.165) is 22.3 Å². The van der Waals surface area contributed by atoms with E-state index in [-0.39, 0.29) is 28.1 Å². The number of rotatable bonds is 4. The molecule has 4 aromatic rings. The molecule has 0 radical (unpaired) electrons. The van der Waals surface area contributed by atoms with E-state index in [9.17, 15) is 14.0 Å². The first-order valence-corrected chi connectivity index (χ1v) is 10.1.